The second kappa shape index (κ2) is 7.43. The molecule has 0 saturated carbocycles. The Morgan fingerprint density at radius 3 is 2.25 bits per heavy atom. The average molecular weight is 453 g/mol. The predicted octanol–water partition coefficient (Wildman–Crippen LogP) is 5.22. The van der Waals surface area contributed by atoms with Gasteiger partial charge in [-0.3, -0.25) is 9.56 Å². The van der Waals surface area contributed by atoms with Crippen molar-refractivity contribution in [2.45, 2.75) is 18.9 Å². The summed E-state index contributed by atoms with van der Waals surface area (Å²) in [6.45, 7) is -0.706. The smallest absolute Gasteiger partial charge is 0.416 e. The Kier molecular flexibility index (Phi) is 4.99. The van der Waals surface area contributed by atoms with Crippen LogP contribution in [0.3, 0.4) is 0 Å². The number of rotatable bonds is 3. The molecule has 0 unspecified atom stereocenters. The predicted molar refractivity (Wildman–Crippen MR) is 105 cm³/mol. The van der Waals surface area contributed by atoms with Gasteiger partial charge in [0.25, 0.3) is 0 Å². The first kappa shape index (κ1) is 21.5. The van der Waals surface area contributed by atoms with Gasteiger partial charge < -0.3 is 10.1 Å². The molecule has 2 aromatic carbocycles. The van der Waals surface area contributed by atoms with Crippen molar-refractivity contribution in [1.29, 1.82) is 0 Å². The Morgan fingerprint density at radius 2 is 1.62 bits per heavy atom. The maximum Gasteiger partial charge on any atom is 0.416 e. The Bertz CT molecular complexity index is 1280. The Labute approximate surface area is 176 Å². The van der Waals surface area contributed by atoms with Gasteiger partial charge in [-0.25, -0.2) is 4.79 Å². The van der Waals surface area contributed by atoms with Gasteiger partial charge in [-0.05, 0) is 35.9 Å². The number of fused-ring (bicyclic) bond motifs is 1. The van der Waals surface area contributed by atoms with E-state index in [0.29, 0.717) is 28.0 Å². The van der Waals surface area contributed by atoms with Crippen molar-refractivity contribution in [3.63, 3.8) is 0 Å². The lowest BCUT2D eigenvalue weighted by Crippen LogP contribution is -2.18. The van der Waals surface area contributed by atoms with E-state index in [1.165, 1.54) is 12.3 Å². The maximum atomic E-state index is 13.1. The zero-order valence-electron chi connectivity index (χ0n) is 15.9. The molecule has 5 nitrogen and oxygen atoms in total. The third kappa shape index (κ3) is 4.05. The second-order valence-electron chi connectivity index (χ2n) is 7.04. The number of aromatic hydroxyl groups is 1. The van der Waals surface area contributed by atoms with Crippen LogP contribution in [0.15, 0.2) is 52.3 Å². The number of aromatic amines is 1. The number of hydrogen-bond donors (Lipinski definition) is 2. The van der Waals surface area contributed by atoms with Crippen molar-refractivity contribution in [1.82, 2.24) is 9.55 Å². The molecule has 1 aromatic heterocycles. The molecule has 4 rings (SSSR count). The van der Waals surface area contributed by atoms with E-state index in [2.05, 4.69) is 9.98 Å². The molecule has 32 heavy (non-hydrogen) atoms. The van der Waals surface area contributed by atoms with Gasteiger partial charge in [0, 0.05) is 17.4 Å². The maximum absolute atomic E-state index is 13.1. The highest BCUT2D eigenvalue weighted by atomic mass is 19.4. The first-order valence-electron chi connectivity index (χ1n) is 9.09. The Balaban J connectivity index is 1.73. The van der Waals surface area contributed by atoms with Gasteiger partial charge in [0.1, 0.15) is 5.69 Å². The van der Waals surface area contributed by atoms with Crippen LogP contribution in [0.5, 0.6) is 5.88 Å². The van der Waals surface area contributed by atoms with Gasteiger partial charge in [0.05, 0.1) is 23.4 Å². The SMILES string of the molecule is O=c1[nH]c(/C=C2\C=Nc3ccccc32)c(O)n1Cc1cc(C(F)(F)F)cc(C(F)(F)F)c1. The Hall–Kier alpha value is -3.76. The fourth-order valence-corrected chi connectivity index (χ4v) is 3.33. The zero-order valence-corrected chi connectivity index (χ0v) is 15.9. The van der Waals surface area contributed by atoms with Crippen molar-refractivity contribution >= 4 is 23.6 Å². The van der Waals surface area contributed by atoms with Crippen LogP contribution in [0, 0.1) is 0 Å². The van der Waals surface area contributed by atoms with Crippen molar-refractivity contribution in [3.05, 3.63) is 80.9 Å². The number of alkyl halides is 6. The monoisotopic (exact) mass is 453 g/mol. The molecule has 1 aliphatic rings. The largest absolute Gasteiger partial charge is 0.493 e. The van der Waals surface area contributed by atoms with Crippen LogP contribution in [-0.4, -0.2) is 20.9 Å². The van der Waals surface area contributed by atoms with Gasteiger partial charge in [-0.15, -0.1) is 0 Å². The van der Waals surface area contributed by atoms with E-state index < -0.39 is 47.2 Å². The van der Waals surface area contributed by atoms with E-state index >= 15 is 0 Å². The highest BCUT2D eigenvalue weighted by Gasteiger charge is 2.37. The summed E-state index contributed by atoms with van der Waals surface area (Å²) in [5, 5.41) is 10.4. The molecule has 2 N–H and O–H groups in total. The lowest BCUT2D eigenvalue weighted by Gasteiger charge is -2.14. The minimum Gasteiger partial charge on any atom is -0.493 e. The van der Waals surface area contributed by atoms with Crippen molar-refractivity contribution < 1.29 is 31.4 Å². The van der Waals surface area contributed by atoms with E-state index in [9.17, 15) is 36.2 Å². The van der Waals surface area contributed by atoms with Gasteiger partial charge in [0.2, 0.25) is 5.88 Å². The fourth-order valence-electron chi connectivity index (χ4n) is 3.33. The highest BCUT2D eigenvalue weighted by Crippen LogP contribution is 2.37. The molecule has 11 heteroatoms. The molecule has 0 fully saturated rings. The molecule has 1 aliphatic heterocycles. The number of nitrogens with zero attached hydrogens (tertiary/aromatic N) is 2. The van der Waals surface area contributed by atoms with Crippen molar-refractivity contribution in [3.8, 4) is 5.88 Å². The third-order valence-corrected chi connectivity index (χ3v) is 4.83. The first-order valence-corrected chi connectivity index (χ1v) is 9.09. The van der Waals surface area contributed by atoms with Crippen molar-refractivity contribution in [2.75, 3.05) is 0 Å². The standard InChI is InChI=1S/C21H13F6N3O2/c22-20(23,24)13-5-11(6-14(8-13)21(25,26)27)10-30-18(31)17(29-19(30)32)7-12-9-28-16-4-2-1-3-15(12)16/h1-9,31H,10H2,(H,29,32)/b12-7+. The molecule has 0 bridgehead atoms. The zero-order chi connectivity index (χ0) is 23.3. The van der Waals surface area contributed by atoms with Crippen LogP contribution in [0.1, 0.15) is 27.9 Å². The molecule has 3 aromatic rings. The van der Waals surface area contributed by atoms with E-state index in [4.69, 9.17) is 0 Å². The minimum absolute atomic E-state index is 0.00400. The van der Waals surface area contributed by atoms with Gasteiger partial charge in [-0.2, -0.15) is 26.3 Å². The number of hydrogen-bond acceptors (Lipinski definition) is 3. The summed E-state index contributed by atoms with van der Waals surface area (Å²) in [7, 11) is 0. The van der Waals surface area contributed by atoms with Crippen LogP contribution in [0.4, 0.5) is 32.0 Å². The number of aliphatic imine (C=N–C) groups is 1. The number of nitrogens with one attached hydrogen (secondary N) is 1. The molecule has 0 radical (unpaired) electrons. The van der Waals surface area contributed by atoms with Crippen LogP contribution < -0.4 is 5.69 Å². The number of aromatic nitrogens is 2. The molecular weight excluding hydrogens is 440 g/mol. The molecule has 0 aliphatic carbocycles. The van der Waals surface area contributed by atoms with Gasteiger partial charge in [-0.1, -0.05) is 18.2 Å². The number of imidazole rings is 1. The van der Waals surface area contributed by atoms with E-state index in [1.807, 2.05) is 0 Å². The lowest BCUT2D eigenvalue weighted by atomic mass is 10.0. The average Bonchev–Trinajstić information content (AvgIpc) is 3.23. The van der Waals surface area contributed by atoms with Crippen molar-refractivity contribution in [2.24, 2.45) is 4.99 Å². The van der Waals surface area contributed by atoms with Gasteiger partial charge in [0.15, 0.2) is 0 Å². The van der Waals surface area contributed by atoms with Crippen LogP contribution in [0.25, 0.3) is 11.6 Å². The fraction of sp³-hybridized carbons (Fsp3) is 0.143. The van der Waals surface area contributed by atoms with E-state index in [-0.39, 0.29) is 11.8 Å². The minimum atomic E-state index is -5.02. The molecular formula is C21H13F6N3O2. The second-order valence-corrected chi connectivity index (χ2v) is 7.04. The third-order valence-electron chi connectivity index (χ3n) is 4.83. The number of H-pyrrole nitrogens is 1. The number of allylic oxidation sites excluding steroid dienone is 1. The quantitative estimate of drug-likeness (QED) is 0.534. The highest BCUT2D eigenvalue weighted by molar-refractivity contribution is 6.21. The summed E-state index contributed by atoms with van der Waals surface area (Å²) < 4.78 is 79.1. The normalized spacial score (nSPS) is 14.9. The number of halogens is 6. The molecule has 0 atom stereocenters. The summed E-state index contributed by atoms with van der Waals surface area (Å²) in [5.41, 5.74) is -2.46. The van der Waals surface area contributed by atoms with E-state index in [1.54, 1.807) is 24.3 Å². The lowest BCUT2D eigenvalue weighted by molar-refractivity contribution is -0.143. The summed E-state index contributed by atoms with van der Waals surface area (Å²) in [4.78, 5) is 18.8. The van der Waals surface area contributed by atoms with Crippen LogP contribution in [-0.2, 0) is 18.9 Å². The summed E-state index contributed by atoms with van der Waals surface area (Å²) in [6, 6.07) is 8.07. The Morgan fingerprint density at radius 1 is 1.00 bits per heavy atom. The number of para-hydroxylation sites is 1. The van der Waals surface area contributed by atoms with E-state index in [0.717, 1.165) is 5.56 Å². The summed E-state index contributed by atoms with van der Waals surface area (Å²) in [5.74, 6) is -0.633. The van der Waals surface area contributed by atoms with Gasteiger partial charge >= 0.3 is 18.0 Å². The molecule has 0 spiro atoms. The molecule has 166 valence electrons. The molecule has 0 amide bonds. The number of benzene rings is 2. The summed E-state index contributed by atoms with van der Waals surface area (Å²) >= 11 is 0. The van der Waals surface area contributed by atoms with Crippen LogP contribution >= 0.6 is 0 Å². The first-order chi connectivity index (χ1) is 14.9. The molecule has 2 heterocycles. The molecule has 0 saturated heterocycles. The summed E-state index contributed by atoms with van der Waals surface area (Å²) in [6.07, 6.45) is -7.13. The topological polar surface area (TPSA) is 70.4 Å². The van der Waals surface area contributed by atoms with Crippen LogP contribution in [0.2, 0.25) is 0 Å².